The van der Waals surface area contributed by atoms with Gasteiger partial charge in [-0.05, 0) is 42.8 Å². The molecule has 1 unspecified atom stereocenters. The predicted octanol–water partition coefficient (Wildman–Crippen LogP) is 3.82. The summed E-state index contributed by atoms with van der Waals surface area (Å²) < 4.78 is 5.07. The monoisotopic (exact) mass is 363 g/mol. The molecule has 2 amide bonds. The highest BCUT2D eigenvalue weighted by Crippen LogP contribution is 2.16. The summed E-state index contributed by atoms with van der Waals surface area (Å²) >= 11 is 0. The van der Waals surface area contributed by atoms with Crippen molar-refractivity contribution in [2.45, 2.75) is 13.0 Å². The van der Waals surface area contributed by atoms with Crippen LogP contribution in [0.3, 0.4) is 0 Å². The van der Waals surface area contributed by atoms with Gasteiger partial charge in [0.25, 0.3) is 5.91 Å². The summed E-state index contributed by atoms with van der Waals surface area (Å²) in [5, 5.41) is 8.76. The van der Waals surface area contributed by atoms with Crippen molar-refractivity contribution in [2.75, 3.05) is 17.2 Å². The Labute approximate surface area is 157 Å². The summed E-state index contributed by atoms with van der Waals surface area (Å²) in [5.41, 5.74) is 2.39. The first-order valence-electron chi connectivity index (χ1n) is 8.65. The van der Waals surface area contributed by atoms with Crippen LogP contribution in [-0.4, -0.2) is 18.4 Å². The summed E-state index contributed by atoms with van der Waals surface area (Å²) in [4.78, 5) is 24.2. The summed E-state index contributed by atoms with van der Waals surface area (Å²) in [6, 6.07) is 20.1. The molecule has 0 radical (unpaired) electrons. The van der Waals surface area contributed by atoms with Crippen LogP contribution in [0.25, 0.3) is 0 Å². The minimum absolute atomic E-state index is 0.0700. The minimum Gasteiger partial charge on any atom is -0.459 e. The third-order valence-corrected chi connectivity index (χ3v) is 4.00. The molecule has 2 aromatic carbocycles. The number of furan rings is 1. The van der Waals surface area contributed by atoms with Gasteiger partial charge in [0.05, 0.1) is 18.8 Å². The van der Waals surface area contributed by atoms with Crippen LogP contribution >= 0.6 is 0 Å². The molecule has 1 aromatic heterocycles. The number of rotatable bonds is 7. The maximum atomic E-state index is 12.2. The number of hydrogen-bond donors (Lipinski definition) is 3. The summed E-state index contributed by atoms with van der Waals surface area (Å²) in [6.45, 7) is 2.07. The molecule has 3 aromatic rings. The lowest BCUT2D eigenvalue weighted by molar-refractivity contribution is -0.120. The average Bonchev–Trinajstić information content (AvgIpc) is 3.22. The Hall–Kier alpha value is -3.54. The van der Waals surface area contributed by atoms with Gasteiger partial charge in [-0.1, -0.05) is 36.4 Å². The van der Waals surface area contributed by atoms with E-state index in [1.165, 1.54) is 6.26 Å². The molecule has 0 saturated heterocycles. The van der Waals surface area contributed by atoms with Gasteiger partial charge in [0.1, 0.15) is 0 Å². The first-order valence-corrected chi connectivity index (χ1v) is 8.65. The Morgan fingerprint density at radius 1 is 0.963 bits per heavy atom. The lowest BCUT2D eigenvalue weighted by Crippen LogP contribution is -2.32. The van der Waals surface area contributed by atoms with E-state index in [9.17, 15) is 9.59 Å². The second-order valence-electron chi connectivity index (χ2n) is 6.07. The largest absolute Gasteiger partial charge is 0.459 e. The van der Waals surface area contributed by atoms with Crippen LogP contribution in [0.4, 0.5) is 11.4 Å². The van der Waals surface area contributed by atoms with Gasteiger partial charge in [-0.2, -0.15) is 0 Å². The quantitative estimate of drug-likeness (QED) is 0.596. The number of amides is 2. The van der Waals surface area contributed by atoms with E-state index in [4.69, 9.17) is 4.42 Å². The van der Waals surface area contributed by atoms with Gasteiger partial charge >= 0.3 is 0 Å². The van der Waals surface area contributed by atoms with E-state index in [0.717, 1.165) is 11.3 Å². The normalized spacial score (nSPS) is 11.4. The molecule has 138 valence electrons. The number of hydrogen-bond acceptors (Lipinski definition) is 4. The Balaban J connectivity index is 1.52. The molecule has 0 bridgehead atoms. The molecular weight excluding hydrogens is 342 g/mol. The highest BCUT2D eigenvalue weighted by molar-refractivity contribution is 6.02. The zero-order valence-electron chi connectivity index (χ0n) is 14.9. The molecule has 3 N–H and O–H groups in total. The van der Waals surface area contributed by atoms with Crippen molar-refractivity contribution < 1.29 is 14.0 Å². The Kier molecular flexibility index (Phi) is 5.89. The molecule has 1 atom stereocenters. The second kappa shape index (κ2) is 8.71. The van der Waals surface area contributed by atoms with Gasteiger partial charge in [0.2, 0.25) is 5.91 Å². The molecule has 0 aliphatic rings. The third kappa shape index (κ3) is 5.22. The van der Waals surface area contributed by atoms with Gasteiger partial charge in [0.15, 0.2) is 5.76 Å². The fourth-order valence-corrected chi connectivity index (χ4v) is 2.61. The predicted molar refractivity (Wildman–Crippen MR) is 105 cm³/mol. The minimum atomic E-state index is -0.327. The summed E-state index contributed by atoms with van der Waals surface area (Å²) in [6.07, 6.45) is 1.45. The Morgan fingerprint density at radius 3 is 2.48 bits per heavy atom. The standard InChI is InChI=1S/C21H21N3O3/c1-15(16-7-3-2-4-8-16)23-20(25)14-22-17-9-5-10-18(13-17)24-21(26)19-11-6-12-27-19/h2-13,15,22H,14H2,1H3,(H,23,25)(H,24,26). The zero-order valence-corrected chi connectivity index (χ0v) is 14.9. The molecule has 0 fully saturated rings. The lowest BCUT2D eigenvalue weighted by atomic mass is 10.1. The Morgan fingerprint density at radius 2 is 1.74 bits per heavy atom. The molecule has 6 nitrogen and oxygen atoms in total. The summed E-state index contributed by atoms with van der Waals surface area (Å²) in [7, 11) is 0. The third-order valence-electron chi connectivity index (χ3n) is 4.00. The topological polar surface area (TPSA) is 83.4 Å². The van der Waals surface area contributed by atoms with E-state index in [1.54, 1.807) is 30.3 Å². The molecule has 0 aliphatic heterocycles. The molecule has 1 heterocycles. The van der Waals surface area contributed by atoms with Crippen LogP contribution in [0, 0.1) is 0 Å². The molecule has 0 saturated carbocycles. The van der Waals surface area contributed by atoms with E-state index in [0.29, 0.717) is 5.69 Å². The molecule has 0 aliphatic carbocycles. The van der Waals surface area contributed by atoms with Crippen LogP contribution in [0.15, 0.2) is 77.4 Å². The first-order chi connectivity index (χ1) is 13.1. The zero-order chi connectivity index (χ0) is 19.1. The van der Waals surface area contributed by atoms with Crippen LogP contribution in [0.1, 0.15) is 29.1 Å². The van der Waals surface area contributed by atoms with Crippen molar-refractivity contribution in [3.05, 3.63) is 84.3 Å². The van der Waals surface area contributed by atoms with E-state index < -0.39 is 0 Å². The highest BCUT2D eigenvalue weighted by atomic mass is 16.3. The maximum absolute atomic E-state index is 12.2. The maximum Gasteiger partial charge on any atom is 0.291 e. The number of benzene rings is 2. The van der Waals surface area contributed by atoms with Crippen molar-refractivity contribution in [1.29, 1.82) is 0 Å². The van der Waals surface area contributed by atoms with Crippen molar-refractivity contribution in [1.82, 2.24) is 5.32 Å². The van der Waals surface area contributed by atoms with E-state index in [-0.39, 0.29) is 30.2 Å². The summed E-state index contributed by atoms with van der Waals surface area (Å²) in [5.74, 6) is -0.203. The van der Waals surface area contributed by atoms with Gasteiger partial charge in [-0.15, -0.1) is 0 Å². The molecule has 6 heteroatoms. The first kappa shape index (κ1) is 18.3. The van der Waals surface area contributed by atoms with Crippen molar-refractivity contribution in [3.8, 4) is 0 Å². The van der Waals surface area contributed by atoms with Gasteiger partial charge in [-0.3, -0.25) is 9.59 Å². The van der Waals surface area contributed by atoms with Gasteiger partial charge in [-0.25, -0.2) is 0 Å². The second-order valence-corrected chi connectivity index (χ2v) is 6.07. The van der Waals surface area contributed by atoms with Crippen molar-refractivity contribution >= 4 is 23.2 Å². The average molecular weight is 363 g/mol. The van der Waals surface area contributed by atoms with Crippen LogP contribution in [-0.2, 0) is 4.79 Å². The molecule has 0 spiro atoms. The number of carbonyl (C=O) groups is 2. The molecule has 27 heavy (non-hydrogen) atoms. The van der Waals surface area contributed by atoms with E-state index in [2.05, 4.69) is 16.0 Å². The SMILES string of the molecule is CC(NC(=O)CNc1cccc(NC(=O)c2ccco2)c1)c1ccccc1. The van der Waals surface area contributed by atoms with Gasteiger partial charge in [0, 0.05) is 11.4 Å². The highest BCUT2D eigenvalue weighted by Gasteiger charge is 2.10. The smallest absolute Gasteiger partial charge is 0.291 e. The van der Waals surface area contributed by atoms with E-state index in [1.807, 2.05) is 43.3 Å². The lowest BCUT2D eigenvalue weighted by Gasteiger charge is -2.15. The van der Waals surface area contributed by atoms with Gasteiger partial charge < -0.3 is 20.4 Å². The molecule has 3 rings (SSSR count). The van der Waals surface area contributed by atoms with Crippen LogP contribution < -0.4 is 16.0 Å². The fourth-order valence-electron chi connectivity index (χ4n) is 2.61. The van der Waals surface area contributed by atoms with Crippen molar-refractivity contribution in [3.63, 3.8) is 0 Å². The number of nitrogens with one attached hydrogen (secondary N) is 3. The molecular formula is C21H21N3O3. The Bertz CT molecular complexity index is 892. The fraction of sp³-hybridized carbons (Fsp3) is 0.143. The number of anilines is 2. The van der Waals surface area contributed by atoms with Crippen molar-refractivity contribution in [2.24, 2.45) is 0 Å². The number of carbonyl (C=O) groups excluding carboxylic acids is 2. The van der Waals surface area contributed by atoms with E-state index >= 15 is 0 Å². The van der Waals surface area contributed by atoms with Crippen LogP contribution in [0.5, 0.6) is 0 Å². The van der Waals surface area contributed by atoms with Crippen LogP contribution in [0.2, 0.25) is 0 Å².